The van der Waals surface area contributed by atoms with Crippen molar-refractivity contribution in [1.82, 2.24) is 9.78 Å². The van der Waals surface area contributed by atoms with Gasteiger partial charge in [0, 0.05) is 11.1 Å². The van der Waals surface area contributed by atoms with E-state index in [1.165, 1.54) is 34.2 Å². The lowest BCUT2D eigenvalue weighted by molar-refractivity contribution is 0.0735. The maximum atomic E-state index is 14.9. The summed E-state index contributed by atoms with van der Waals surface area (Å²) < 4.78 is 40.1. The summed E-state index contributed by atoms with van der Waals surface area (Å²) in [5, 5.41) is 15.1. The molecule has 5 nitrogen and oxygen atoms in total. The van der Waals surface area contributed by atoms with Gasteiger partial charge in [-0.1, -0.05) is 41.4 Å². The number of hydrogen-bond acceptors (Lipinski definition) is 5. The summed E-state index contributed by atoms with van der Waals surface area (Å²) in [6.07, 6.45) is 1.15. The lowest BCUT2D eigenvalue weighted by atomic mass is 10.1. The van der Waals surface area contributed by atoms with Gasteiger partial charge < -0.3 is 5.11 Å². The first-order chi connectivity index (χ1) is 15.4. The van der Waals surface area contributed by atoms with Crippen molar-refractivity contribution in [2.75, 3.05) is 6.26 Å². The van der Waals surface area contributed by atoms with Gasteiger partial charge in [0.15, 0.2) is 15.7 Å². The number of halogens is 3. The summed E-state index contributed by atoms with van der Waals surface area (Å²) in [7, 11) is -3.36. The van der Waals surface area contributed by atoms with E-state index in [2.05, 4.69) is 5.10 Å². The minimum absolute atomic E-state index is 0.0701. The van der Waals surface area contributed by atoms with Crippen LogP contribution in [0.3, 0.4) is 0 Å². The first-order valence-electron chi connectivity index (χ1n) is 9.74. The van der Waals surface area contributed by atoms with E-state index < -0.39 is 21.3 Å². The van der Waals surface area contributed by atoms with Crippen molar-refractivity contribution in [1.29, 1.82) is 0 Å². The molecule has 2 aromatic heterocycles. The summed E-state index contributed by atoms with van der Waals surface area (Å²) in [4.78, 5) is 1.65. The summed E-state index contributed by atoms with van der Waals surface area (Å²) in [5.41, 5.74) is 0.00531. The number of rotatable bonds is 5. The van der Waals surface area contributed by atoms with Crippen LogP contribution in [-0.2, 0) is 15.4 Å². The highest BCUT2D eigenvalue weighted by Gasteiger charge is 2.30. The first-order valence-corrected chi connectivity index (χ1v) is 13.2. The van der Waals surface area contributed by atoms with Crippen LogP contribution in [0.2, 0.25) is 10.0 Å². The van der Waals surface area contributed by atoms with Gasteiger partial charge in [0.05, 0.1) is 19.8 Å². The number of thiophene rings is 1. The third-order valence-corrected chi connectivity index (χ3v) is 7.85. The van der Waals surface area contributed by atoms with Crippen molar-refractivity contribution in [3.8, 4) is 26.7 Å². The van der Waals surface area contributed by atoms with Crippen LogP contribution in [0.1, 0.15) is 19.5 Å². The molecule has 4 rings (SSSR count). The van der Waals surface area contributed by atoms with Crippen LogP contribution in [0.4, 0.5) is 4.39 Å². The fourth-order valence-corrected chi connectivity index (χ4v) is 5.72. The van der Waals surface area contributed by atoms with Gasteiger partial charge in [0.25, 0.3) is 0 Å². The van der Waals surface area contributed by atoms with Crippen LogP contribution in [0, 0.1) is 5.82 Å². The average molecular weight is 525 g/mol. The molecule has 4 aromatic rings. The Morgan fingerprint density at radius 3 is 2.39 bits per heavy atom. The average Bonchev–Trinajstić information content (AvgIpc) is 3.34. The van der Waals surface area contributed by atoms with E-state index in [1.54, 1.807) is 38.1 Å². The Morgan fingerprint density at radius 1 is 1.06 bits per heavy atom. The summed E-state index contributed by atoms with van der Waals surface area (Å²) in [6.45, 7) is 3.08. The second kappa shape index (κ2) is 8.52. The zero-order chi connectivity index (χ0) is 24.1. The lowest BCUT2D eigenvalue weighted by Gasteiger charge is -2.14. The number of hydrogen-bond donors (Lipinski definition) is 1. The molecule has 0 aliphatic rings. The van der Waals surface area contributed by atoms with E-state index in [9.17, 15) is 17.9 Å². The predicted octanol–water partition coefficient (Wildman–Crippen LogP) is 6.34. The van der Waals surface area contributed by atoms with E-state index in [0.717, 1.165) is 11.1 Å². The normalized spacial score (nSPS) is 12.3. The van der Waals surface area contributed by atoms with Crippen molar-refractivity contribution in [2.24, 2.45) is 0 Å². The first kappa shape index (κ1) is 23.9. The van der Waals surface area contributed by atoms with Crippen LogP contribution in [-0.4, -0.2) is 29.6 Å². The minimum atomic E-state index is -3.36. The minimum Gasteiger partial charge on any atom is -0.384 e. The SMILES string of the molecule is CC(C)(O)c1nn(-c2cccc(Cl)c2F)c(-c2ccc(-c3cccc(S(C)(=O)=O)c3)s2)c1Cl. The molecule has 0 saturated heterocycles. The van der Waals surface area contributed by atoms with Crippen LogP contribution in [0.15, 0.2) is 59.5 Å². The van der Waals surface area contributed by atoms with Crippen LogP contribution < -0.4 is 0 Å². The molecule has 0 saturated carbocycles. The van der Waals surface area contributed by atoms with Crippen molar-refractivity contribution in [3.63, 3.8) is 0 Å². The van der Waals surface area contributed by atoms with E-state index in [1.807, 2.05) is 12.1 Å². The molecular formula is C23H19Cl2FN2O3S2. The topological polar surface area (TPSA) is 72.2 Å². The third kappa shape index (κ3) is 4.58. The molecular weight excluding hydrogens is 506 g/mol. The quantitative estimate of drug-likeness (QED) is 0.330. The molecule has 2 heterocycles. The van der Waals surface area contributed by atoms with E-state index in [4.69, 9.17) is 23.2 Å². The molecule has 33 heavy (non-hydrogen) atoms. The Bertz CT molecular complexity index is 1470. The van der Waals surface area contributed by atoms with Gasteiger partial charge in [0.2, 0.25) is 0 Å². The van der Waals surface area contributed by atoms with E-state index in [-0.39, 0.29) is 26.3 Å². The van der Waals surface area contributed by atoms with Crippen LogP contribution in [0.25, 0.3) is 26.7 Å². The number of aromatic nitrogens is 2. The second-order valence-electron chi connectivity index (χ2n) is 8.02. The van der Waals surface area contributed by atoms with Gasteiger partial charge in [-0.15, -0.1) is 11.3 Å². The molecule has 0 radical (unpaired) electrons. The van der Waals surface area contributed by atoms with Gasteiger partial charge in [-0.3, -0.25) is 0 Å². The Hall–Kier alpha value is -2.23. The van der Waals surface area contributed by atoms with Crippen LogP contribution >= 0.6 is 34.5 Å². The fourth-order valence-electron chi connectivity index (χ4n) is 3.33. The standard InChI is InChI=1S/C23H19Cl2FN2O3S2/c1-23(2,29)22-19(25)21(28(27-22)16-9-5-8-15(24)20(16)26)18-11-10-17(32-18)13-6-4-7-14(12-13)33(3,30)31/h4-12,29H,1-3H3. The maximum Gasteiger partial charge on any atom is 0.175 e. The second-order valence-corrected chi connectivity index (χ2v) is 11.9. The summed E-state index contributed by atoms with van der Waals surface area (Å²) >= 11 is 14.0. The Kier molecular flexibility index (Phi) is 6.18. The molecule has 2 aromatic carbocycles. The van der Waals surface area contributed by atoms with Crippen molar-refractivity contribution in [3.05, 3.63) is 76.2 Å². The molecule has 0 fully saturated rings. The highest BCUT2D eigenvalue weighted by Crippen LogP contribution is 2.43. The molecule has 0 aliphatic heterocycles. The molecule has 0 aliphatic carbocycles. The zero-order valence-corrected chi connectivity index (χ0v) is 20.9. The van der Waals surface area contributed by atoms with Gasteiger partial charge in [-0.25, -0.2) is 17.5 Å². The van der Waals surface area contributed by atoms with Crippen LogP contribution in [0.5, 0.6) is 0 Å². The largest absolute Gasteiger partial charge is 0.384 e. The maximum absolute atomic E-state index is 14.9. The van der Waals surface area contributed by atoms with Crippen molar-refractivity contribution < 1.29 is 17.9 Å². The van der Waals surface area contributed by atoms with Crippen molar-refractivity contribution in [2.45, 2.75) is 24.3 Å². The summed E-state index contributed by atoms with van der Waals surface area (Å²) in [6, 6.07) is 14.8. The number of aliphatic hydroxyl groups is 1. The number of sulfone groups is 1. The Balaban J connectivity index is 1.91. The Labute approximate surface area is 205 Å². The molecule has 0 atom stereocenters. The Morgan fingerprint density at radius 2 is 1.73 bits per heavy atom. The molecule has 0 bridgehead atoms. The zero-order valence-electron chi connectivity index (χ0n) is 17.8. The molecule has 0 spiro atoms. The third-order valence-electron chi connectivity index (χ3n) is 4.95. The van der Waals surface area contributed by atoms with Crippen molar-refractivity contribution >= 4 is 44.4 Å². The molecule has 0 unspecified atom stereocenters. The highest BCUT2D eigenvalue weighted by molar-refractivity contribution is 7.90. The van der Waals surface area contributed by atoms with Gasteiger partial charge in [-0.2, -0.15) is 5.10 Å². The van der Waals surface area contributed by atoms with Gasteiger partial charge in [0.1, 0.15) is 22.7 Å². The monoisotopic (exact) mass is 524 g/mol. The molecule has 10 heteroatoms. The molecule has 1 N–H and O–H groups in total. The predicted molar refractivity (Wildman–Crippen MR) is 131 cm³/mol. The lowest BCUT2D eigenvalue weighted by Crippen LogP contribution is -2.17. The smallest absolute Gasteiger partial charge is 0.175 e. The van der Waals surface area contributed by atoms with E-state index >= 15 is 0 Å². The summed E-state index contributed by atoms with van der Waals surface area (Å²) in [5.74, 6) is -0.667. The van der Waals surface area contributed by atoms with Gasteiger partial charge >= 0.3 is 0 Å². The van der Waals surface area contributed by atoms with Gasteiger partial charge in [-0.05, 0) is 55.8 Å². The van der Waals surface area contributed by atoms with E-state index in [0.29, 0.717) is 16.1 Å². The molecule has 172 valence electrons. The fraction of sp³-hybridized carbons (Fsp3) is 0.174. The number of nitrogens with zero attached hydrogens (tertiary/aromatic N) is 2. The highest BCUT2D eigenvalue weighted by atomic mass is 35.5. The molecule has 0 amide bonds. The number of benzene rings is 2.